The molecule has 3 heterocycles. The number of alkyl halides is 6. The second-order valence-electron chi connectivity index (χ2n) is 7.58. The molecule has 1 aliphatic heterocycles. The Bertz CT molecular complexity index is 1010. The van der Waals surface area contributed by atoms with E-state index in [0.717, 1.165) is 17.2 Å². The number of carbonyl (C=O) groups excluding carboxylic acids is 2. The fraction of sp³-hybridized carbons (Fsp3) is 0.421. The van der Waals surface area contributed by atoms with Crippen molar-refractivity contribution in [1.29, 1.82) is 0 Å². The molecule has 3 amide bonds. The molecular weight excluding hydrogens is 458 g/mol. The van der Waals surface area contributed by atoms with E-state index in [-0.39, 0.29) is 24.1 Å². The summed E-state index contributed by atoms with van der Waals surface area (Å²) >= 11 is 0. The van der Waals surface area contributed by atoms with Gasteiger partial charge in [-0.25, -0.2) is 19.7 Å². The normalized spacial score (nSPS) is 17.1. The number of carbonyl (C=O) groups is 2. The number of hydrogen-bond acceptors (Lipinski definition) is 5. The van der Waals surface area contributed by atoms with Crippen molar-refractivity contribution in [3.8, 4) is 0 Å². The average molecular weight is 476 g/mol. The first-order valence-electron chi connectivity index (χ1n) is 9.58. The lowest BCUT2D eigenvalue weighted by atomic mass is 10.0. The van der Waals surface area contributed by atoms with E-state index in [1.54, 1.807) is 13.8 Å². The van der Waals surface area contributed by atoms with Gasteiger partial charge in [0.1, 0.15) is 12.2 Å². The molecule has 2 aromatic heterocycles. The van der Waals surface area contributed by atoms with Crippen LogP contribution in [0.15, 0.2) is 30.7 Å². The molecule has 0 aromatic carbocycles. The summed E-state index contributed by atoms with van der Waals surface area (Å²) in [7, 11) is 0. The Morgan fingerprint density at radius 3 is 2.18 bits per heavy atom. The minimum atomic E-state index is -4.63. The number of urea groups is 1. The van der Waals surface area contributed by atoms with Crippen LogP contribution in [-0.4, -0.2) is 50.9 Å². The fourth-order valence-corrected chi connectivity index (χ4v) is 3.18. The van der Waals surface area contributed by atoms with Crippen molar-refractivity contribution >= 4 is 23.6 Å². The van der Waals surface area contributed by atoms with Gasteiger partial charge in [-0.3, -0.25) is 9.69 Å². The largest absolute Gasteiger partial charge is 0.433 e. The zero-order valence-electron chi connectivity index (χ0n) is 17.3. The number of amides is 3. The molecule has 14 heteroatoms. The highest BCUT2D eigenvalue weighted by Gasteiger charge is 2.42. The van der Waals surface area contributed by atoms with E-state index in [1.165, 1.54) is 4.90 Å². The van der Waals surface area contributed by atoms with E-state index in [2.05, 4.69) is 20.3 Å². The van der Waals surface area contributed by atoms with Crippen molar-refractivity contribution in [2.75, 3.05) is 23.3 Å². The molecule has 0 saturated carbocycles. The van der Waals surface area contributed by atoms with E-state index in [1.807, 2.05) is 0 Å². The number of anilines is 2. The average Bonchev–Trinajstić information content (AvgIpc) is 3.03. The highest BCUT2D eigenvalue weighted by molar-refractivity contribution is 5.98. The lowest BCUT2D eigenvalue weighted by Crippen LogP contribution is -2.42. The molecule has 2 aromatic rings. The van der Waals surface area contributed by atoms with Crippen LogP contribution in [0.25, 0.3) is 0 Å². The summed E-state index contributed by atoms with van der Waals surface area (Å²) in [6, 6.07) is 0.563. The highest BCUT2D eigenvalue weighted by Crippen LogP contribution is 2.30. The van der Waals surface area contributed by atoms with E-state index in [0.29, 0.717) is 18.5 Å². The molecule has 1 saturated heterocycles. The number of halogens is 6. The second kappa shape index (κ2) is 8.83. The molecule has 33 heavy (non-hydrogen) atoms. The third-order valence-corrected chi connectivity index (χ3v) is 4.87. The standard InChI is InChI=1S/C19H18F6N6O2/c1-10(2)13-8-31(16-27-5-11(6-28-16)18(20,21)22)17(33)30(13)9-15(32)29-12-3-4-14(26-7-12)19(23,24)25/h3-7,10,13H,8-9H2,1-2H3,(H,29,32)/t13-/m1/s1. The van der Waals surface area contributed by atoms with Crippen molar-refractivity contribution in [3.05, 3.63) is 42.0 Å². The van der Waals surface area contributed by atoms with Crippen LogP contribution in [0.4, 0.5) is 42.8 Å². The van der Waals surface area contributed by atoms with Crippen LogP contribution >= 0.6 is 0 Å². The van der Waals surface area contributed by atoms with Crippen LogP contribution in [-0.2, 0) is 17.1 Å². The Hall–Kier alpha value is -3.45. The van der Waals surface area contributed by atoms with Gasteiger partial charge in [-0.15, -0.1) is 0 Å². The first kappa shape index (κ1) is 24.2. The highest BCUT2D eigenvalue weighted by atomic mass is 19.4. The second-order valence-corrected chi connectivity index (χ2v) is 7.58. The molecule has 1 fully saturated rings. The van der Waals surface area contributed by atoms with Crippen molar-refractivity contribution < 1.29 is 35.9 Å². The zero-order valence-corrected chi connectivity index (χ0v) is 17.3. The van der Waals surface area contributed by atoms with Gasteiger partial charge in [0.2, 0.25) is 11.9 Å². The minimum absolute atomic E-state index is 0.00340. The Morgan fingerprint density at radius 1 is 1.06 bits per heavy atom. The summed E-state index contributed by atoms with van der Waals surface area (Å²) in [5.74, 6) is -1.06. The van der Waals surface area contributed by atoms with E-state index in [4.69, 9.17) is 0 Å². The molecule has 0 bridgehead atoms. The van der Waals surface area contributed by atoms with Gasteiger partial charge in [0.05, 0.1) is 30.0 Å². The molecule has 8 nitrogen and oxygen atoms in total. The summed E-state index contributed by atoms with van der Waals surface area (Å²) in [4.78, 5) is 38.1. The summed E-state index contributed by atoms with van der Waals surface area (Å²) in [6.45, 7) is 3.18. The zero-order chi connectivity index (χ0) is 24.6. The van der Waals surface area contributed by atoms with Crippen molar-refractivity contribution in [3.63, 3.8) is 0 Å². The van der Waals surface area contributed by atoms with Crippen molar-refractivity contribution in [2.24, 2.45) is 5.92 Å². The third kappa shape index (κ3) is 5.49. The first-order valence-corrected chi connectivity index (χ1v) is 9.58. The molecular formula is C19H18F6N6O2. The smallest absolute Gasteiger partial charge is 0.323 e. The Kier molecular flexibility index (Phi) is 6.47. The Labute approximate surface area is 183 Å². The van der Waals surface area contributed by atoms with E-state index in [9.17, 15) is 35.9 Å². The van der Waals surface area contributed by atoms with Gasteiger partial charge in [-0.1, -0.05) is 13.8 Å². The molecule has 1 aliphatic rings. The first-order chi connectivity index (χ1) is 15.3. The lowest BCUT2D eigenvalue weighted by molar-refractivity contribution is -0.141. The summed E-state index contributed by atoms with van der Waals surface area (Å²) in [5.41, 5.74) is -2.19. The third-order valence-electron chi connectivity index (χ3n) is 4.87. The monoisotopic (exact) mass is 476 g/mol. The van der Waals surface area contributed by atoms with Crippen LogP contribution in [0.3, 0.4) is 0 Å². The molecule has 3 rings (SSSR count). The lowest BCUT2D eigenvalue weighted by Gasteiger charge is -2.25. The van der Waals surface area contributed by atoms with Crippen LogP contribution in [0, 0.1) is 5.92 Å². The number of rotatable bonds is 5. The predicted octanol–water partition coefficient (Wildman–Crippen LogP) is 3.81. The van der Waals surface area contributed by atoms with Crippen LogP contribution < -0.4 is 10.2 Å². The van der Waals surface area contributed by atoms with Gasteiger partial charge in [-0.2, -0.15) is 26.3 Å². The molecule has 178 valence electrons. The van der Waals surface area contributed by atoms with Gasteiger partial charge < -0.3 is 10.2 Å². The van der Waals surface area contributed by atoms with Crippen LogP contribution in [0.1, 0.15) is 25.1 Å². The fourth-order valence-electron chi connectivity index (χ4n) is 3.18. The quantitative estimate of drug-likeness (QED) is 0.663. The number of hydrogen-bond donors (Lipinski definition) is 1. The van der Waals surface area contributed by atoms with E-state index >= 15 is 0 Å². The Balaban J connectivity index is 1.72. The topological polar surface area (TPSA) is 91.3 Å². The van der Waals surface area contributed by atoms with Gasteiger partial charge in [-0.05, 0) is 18.1 Å². The van der Waals surface area contributed by atoms with Crippen LogP contribution in [0.2, 0.25) is 0 Å². The van der Waals surface area contributed by atoms with Gasteiger partial charge in [0.25, 0.3) is 0 Å². The van der Waals surface area contributed by atoms with Gasteiger partial charge >= 0.3 is 18.4 Å². The predicted molar refractivity (Wildman–Crippen MR) is 103 cm³/mol. The minimum Gasteiger partial charge on any atom is -0.323 e. The van der Waals surface area contributed by atoms with Gasteiger partial charge in [0.15, 0.2) is 0 Å². The maximum absolute atomic E-state index is 12.9. The molecule has 0 aliphatic carbocycles. The molecule has 0 spiro atoms. The summed E-state index contributed by atoms with van der Waals surface area (Å²) < 4.78 is 76.0. The number of aromatic nitrogens is 3. The SMILES string of the molecule is CC(C)[C@H]1CN(c2ncc(C(F)(F)F)cn2)C(=O)N1CC(=O)Nc1ccc(C(F)(F)F)nc1. The Morgan fingerprint density at radius 2 is 1.70 bits per heavy atom. The number of pyridine rings is 1. The molecule has 0 radical (unpaired) electrons. The van der Waals surface area contributed by atoms with Crippen molar-refractivity contribution in [2.45, 2.75) is 32.2 Å². The summed E-state index contributed by atoms with van der Waals surface area (Å²) in [5, 5.41) is 2.37. The maximum Gasteiger partial charge on any atom is 0.433 e. The molecule has 0 unspecified atom stereocenters. The number of nitrogens with one attached hydrogen (secondary N) is 1. The number of nitrogens with zero attached hydrogens (tertiary/aromatic N) is 5. The van der Waals surface area contributed by atoms with E-state index < -0.39 is 48.1 Å². The molecule has 1 N–H and O–H groups in total. The van der Waals surface area contributed by atoms with Gasteiger partial charge in [0, 0.05) is 12.4 Å². The summed E-state index contributed by atoms with van der Waals surface area (Å²) in [6.07, 6.45) is -7.29. The maximum atomic E-state index is 12.9. The molecule has 1 atom stereocenters. The van der Waals surface area contributed by atoms with Crippen LogP contribution in [0.5, 0.6) is 0 Å². The van der Waals surface area contributed by atoms with Crippen molar-refractivity contribution in [1.82, 2.24) is 19.9 Å².